The number of esters is 1. The fraction of sp³-hybridized carbons (Fsp3) is 0.154. The highest BCUT2D eigenvalue weighted by atomic mass is 32.2. The van der Waals surface area contributed by atoms with Gasteiger partial charge in [-0.05, 0) is 67.4 Å². The summed E-state index contributed by atoms with van der Waals surface area (Å²) in [4.78, 5) is 42.9. The average molecular weight is 752 g/mol. The summed E-state index contributed by atoms with van der Waals surface area (Å²) in [5.41, 5.74) is 3.59. The minimum atomic E-state index is -4.43. The molecule has 1 heterocycles. The molecule has 0 aliphatic rings. The topological polar surface area (TPSA) is 176 Å². The number of hydrogen-bond acceptors (Lipinski definition) is 9. The molecule has 12 nitrogen and oxygen atoms in total. The van der Waals surface area contributed by atoms with E-state index in [1.165, 1.54) is 49.9 Å². The van der Waals surface area contributed by atoms with Crippen LogP contribution in [0.15, 0.2) is 138 Å². The number of methoxy groups -OCH3 is 1. The second-order valence-corrected chi connectivity index (χ2v) is 15.2. The normalized spacial score (nSPS) is 11.9. The molecule has 1 atom stereocenters. The van der Waals surface area contributed by atoms with Crippen LogP contribution in [0.4, 0.5) is 5.82 Å². The molecule has 0 fully saturated rings. The van der Waals surface area contributed by atoms with E-state index in [0.717, 1.165) is 15.9 Å². The van der Waals surface area contributed by atoms with Crippen molar-refractivity contribution in [1.82, 2.24) is 15.6 Å². The van der Waals surface area contributed by atoms with Gasteiger partial charge in [0.2, 0.25) is 0 Å². The molecule has 0 saturated carbocycles. The van der Waals surface area contributed by atoms with Crippen LogP contribution in [-0.4, -0.2) is 61.6 Å². The number of unbranched alkanes of at least 4 members (excludes halogenated alkanes) is 1. The van der Waals surface area contributed by atoms with Crippen LogP contribution in [-0.2, 0) is 19.6 Å². The zero-order valence-electron chi connectivity index (χ0n) is 28.8. The molecule has 53 heavy (non-hydrogen) atoms. The van der Waals surface area contributed by atoms with Gasteiger partial charge in [0.15, 0.2) is 0 Å². The summed E-state index contributed by atoms with van der Waals surface area (Å²) >= 11 is 0. The monoisotopic (exact) mass is 751 g/mol. The van der Waals surface area contributed by atoms with E-state index in [0.29, 0.717) is 24.9 Å². The maximum absolute atomic E-state index is 13.5. The summed E-state index contributed by atoms with van der Waals surface area (Å²) in [7, 11) is -4.17. The number of carbonyl (C=O) groups is 3. The van der Waals surface area contributed by atoms with Crippen LogP contribution in [0.5, 0.6) is 0 Å². The molecule has 1 aromatic heterocycles. The van der Waals surface area contributed by atoms with Gasteiger partial charge in [-0.2, -0.15) is 13.5 Å². The Kier molecular flexibility index (Phi) is 13.5. The van der Waals surface area contributed by atoms with E-state index in [9.17, 15) is 27.4 Å². The highest BCUT2D eigenvalue weighted by Gasteiger charge is 2.24. The molecule has 0 saturated heterocycles. The lowest BCUT2D eigenvalue weighted by Gasteiger charge is -2.22. The molecule has 0 spiro atoms. The zero-order valence-corrected chi connectivity index (χ0v) is 30.5. The van der Waals surface area contributed by atoms with Gasteiger partial charge in [0.1, 0.15) is 16.8 Å². The Labute approximate surface area is 309 Å². The van der Waals surface area contributed by atoms with Gasteiger partial charge >= 0.3 is 5.97 Å². The lowest BCUT2D eigenvalue weighted by molar-refractivity contribution is -0.143. The molecule has 2 amide bonds. The van der Waals surface area contributed by atoms with Crippen LogP contribution >= 0.6 is 7.92 Å². The first-order valence-electron chi connectivity index (χ1n) is 16.6. The molecule has 14 heteroatoms. The predicted octanol–water partition coefficient (Wildman–Crippen LogP) is 4.40. The Morgan fingerprint density at radius 1 is 0.830 bits per heavy atom. The van der Waals surface area contributed by atoms with Gasteiger partial charge in [-0.25, -0.2) is 9.78 Å². The second-order valence-electron chi connectivity index (χ2n) is 11.6. The number of pyridine rings is 1. The highest BCUT2D eigenvalue weighted by Crippen LogP contribution is 2.34. The van der Waals surface area contributed by atoms with Crippen molar-refractivity contribution in [3.8, 4) is 0 Å². The minimum Gasteiger partial charge on any atom is -0.467 e. The maximum atomic E-state index is 13.5. The average Bonchev–Trinajstić information content (AvgIpc) is 3.18. The van der Waals surface area contributed by atoms with E-state index in [-0.39, 0.29) is 34.2 Å². The molecular formula is C39H38N5O7PS. The zero-order chi connectivity index (χ0) is 37.6. The lowest BCUT2D eigenvalue weighted by Crippen LogP contribution is -2.41. The number of nitrogens with zero attached hydrogens (tertiary/aromatic N) is 2. The van der Waals surface area contributed by atoms with E-state index < -0.39 is 36.0 Å². The standard InChI is InChI=1S/C39H38N5O7PS/c1-51-39(47)33(43-37(45)29-23-24-36(41-26-29)44-42-27-28-14-8-11-22-35(28)53(48,49)50)20-12-13-25-40-38(46)32-19-9-10-21-34(32)52(30-15-4-2-5-16-30)31-17-6-3-7-18-31/h2-11,14-19,21-24,26-27,33H,12-13,20,25H2,1H3,(H,40,46)(H,41,44)(H,43,45)(H,48,49,50). The summed E-state index contributed by atoms with van der Waals surface area (Å²) in [5, 5.41) is 12.9. The van der Waals surface area contributed by atoms with E-state index in [4.69, 9.17) is 4.74 Å². The Hall–Kier alpha value is -5.75. The molecule has 0 aliphatic heterocycles. The summed E-state index contributed by atoms with van der Waals surface area (Å²) in [6.45, 7) is 0.367. The van der Waals surface area contributed by atoms with Crippen molar-refractivity contribution < 1.29 is 32.1 Å². The molecule has 272 valence electrons. The van der Waals surface area contributed by atoms with Crippen molar-refractivity contribution >= 4 is 63.8 Å². The van der Waals surface area contributed by atoms with E-state index in [1.54, 1.807) is 6.07 Å². The molecule has 1 unspecified atom stereocenters. The number of rotatable bonds is 16. The van der Waals surface area contributed by atoms with Crippen LogP contribution in [0.3, 0.4) is 0 Å². The number of anilines is 1. The predicted molar refractivity (Wildman–Crippen MR) is 206 cm³/mol. The first-order chi connectivity index (χ1) is 25.7. The molecule has 5 rings (SSSR count). The Bertz CT molecular complexity index is 2110. The largest absolute Gasteiger partial charge is 0.467 e. The number of benzene rings is 4. The van der Waals surface area contributed by atoms with Crippen molar-refractivity contribution in [2.45, 2.75) is 30.2 Å². The van der Waals surface area contributed by atoms with E-state index in [2.05, 4.69) is 50.4 Å². The second kappa shape index (κ2) is 18.7. The van der Waals surface area contributed by atoms with Gasteiger partial charge in [-0.3, -0.25) is 19.6 Å². The SMILES string of the molecule is COC(=O)C(CCCCNC(=O)c1ccccc1P(c1ccccc1)c1ccccc1)NC(=O)c1ccc(NN=Cc2ccccc2S(=O)(=O)O)nc1. The van der Waals surface area contributed by atoms with Crippen molar-refractivity contribution in [1.29, 1.82) is 0 Å². The maximum Gasteiger partial charge on any atom is 0.328 e. The molecule has 4 N–H and O–H groups in total. The number of hydrazone groups is 1. The Morgan fingerprint density at radius 3 is 2.11 bits per heavy atom. The molecule has 5 aromatic rings. The summed E-state index contributed by atoms with van der Waals surface area (Å²) in [6, 6.07) is 35.8. The van der Waals surface area contributed by atoms with Gasteiger partial charge in [-0.15, -0.1) is 0 Å². The quantitative estimate of drug-likeness (QED) is 0.0284. The van der Waals surface area contributed by atoms with Crippen LogP contribution < -0.4 is 32.0 Å². The van der Waals surface area contributed by atoms with Crippen LogP contribution in [0.2, 0.25) is 0 Å². The third-order valence-electron chi connectivity index (χ3n) is 8.02. The van der Waals surface area contributed by atoms with Gasteiger partial charge in [-0.1, -0.05) is 97.1 Å². The number of hydrogen-bond donors (Lipinski definition) is 4. The third kappa shape index (κ3) is 10.6. The van der Waals surface area contributed by atoms with Crippen molar-refractivity contribution in [3.05, 3.63) is 144 Å². The Morgan fingerprint density at radius 2 is 1.47 bits per heavy atom. The molecule has 0 aliphatic carbocycles. The van der Waals surface area contributed by atoms with Crippen LogP contribution in [0.25, 0.3) is 0 Å². The van der Waals surface area contributed by atoms with Crippen molar-refractivity contribution in [2.75, 3.05) is 19.1 Å². The fourth-order valence-electron chi connectivity index (χ4n) is 5.43. The Balaban J connectivity index is 1.14. The molecular weight excluding hydrogens is 713 g/mol. The van der Waals surface area contributed by atoms with Crippen LogP contribution in [0, 0.1) is 0 Å². The number of carbonyl (C=O) groups excluding carboxylic acids is 3. The molecule has 0 bridgehead atoms. The minimum absolute atomic E-state index is 0.163. The van der Waals surface area contributed by atoms with Gasteiger partial charge in [0.05, 0.1) is 18.9 Å². The summed E-state index contributed by atoms with van der Waals surface area (Å²) in [6.07, 6.45) is 3.86. The number of nitrogens with one attached hydrogen (secondary N) is 3. The number of aromatic nitrogens is 1. The van der Waals surface area contributed by atoms with E-state index in [1.807, 2.05) is 60.7 Å². The summed E-state index contributed by atoms with van der Waals surface area (Å²) < 4.78 is 37.5. The fourth-order valence-corrected chi connectivity index (χ4v) is 8.55. The third-order valence-corrected chi connectivity index (χ3v) is 11.4. The first-order valence-corrected chi connectivity index (χ1v) is 19.4. The van der Waals surface area contributed by atoms with Crippen molar-refractivity contribution in [3.63, 3.8) is 0 Å². The van der Waals surface area contributed by atoms with Gasteiger partial charge < -0.3 is 15.4 Å². The van der Waals surface area contributed by atoms with Crippen LogP contribution in [0.1, 0.15) is 45.5 Å². The molecule has 4 aromatic carbocycles. The van der Waals surface area contributed by atoms with E-state index >= 15 is 0 Å². The highest BCUT2D eigenvalue weighted by molar-refractivity contribution is 7.86. The number of amides is 2. The van der Waals surface area contributed by atoms with Gasteiger partial charge in [0.25, 0.3) is 21.9 Å². The number of ether oxygens (including phenoxy) is 1. The van der Waals surface area contributed by atoms with Gasteiger partial charge in [0, 0.05) is 23.9 Å². The lowest BCUT2D eigenvalue weighted by atomic mass is 10.1. The smallest absolute Gasteiger partial charge is 0.328 e. The summed E-state index contributed by atoms with van der Waals surface area (Å²) in [5.74, 6) is -1.06. The molecule has 0 radical (unpaired) electrons. The first kappa shape index (κ1) is 38.5. The van der Waals surface area contributed by atoms with Crippen molar-refractivity contribution in [2.24, 2.45) is 5.10 Å².